The Morgan fingerprint density at radius 3 is 2.57 bits per heavy atom. The van der Waals surface area contributed by atoms with Gasteiger partial charge < -0.3 is 10.6 Å². The number of hydrogen-bond donors (Lipinski definition) is 1. The Hall–Kier alpha value is -1.09. The summed E-state index contributed by atoms with van der Waals surface area (Å²) in [4.78, 5) is 2.29. The zero-order valence-electron chi connectivity index (χ0n) is 13.6. The van der Waals surface area contributed by atoms with Gasteiger partial charge in [0.15, 0.2) is 0 Å². The van der Waals surface area contributed by atoms with E-state index in [9.17, 15) is 4.39 Å². The summed E-state index contributed by atoms with van der Waals surface area (Å²) in [5.41, 5.74) is 7.27. The third-order valence-corrected chi connectivity index (χ3v) is 5.03. The molecule has 0 amide bonds. The monoisotopic (exact) mass is 292 g/mol. The lowest BCUT2D eigenvalue weighted by Crippen LogP contribution is -2.55. The van der Waals surface area contributed by atoms with Crippen LogP contribution >= 0.6 is 0 Å². The highest BCUT2D eigenvalue weighted by Crippen LogP contribution is 2.40. The molecule has 0 aromatic heterocycles. The third kappa shape index (κ3) is 3.76. The second kappa shape index (κ2) is 6.78. The van der Waals surface area contributed by atoms with Crippen LogP contribution in [0, 0.1) is 17.7 Å². The van der Waals surface area contributed by atoms with Gasteiger partial charge in [-0.05, 0) is 55.4 Å². The van der Waals surface area contributed by atoms with Crippen molar-refractivity contribution >= 4 is 5.69 Å². The van der Waals surface area contributed by atoms with E-state index in [1.807, 2.05) is 12.1 Å². The molecular weight excluding hydrogens is 263 g/mol. The molecule has 2 unspecified atom stereocenters. The van der Waals surface area contributed by atoms with Crippen LogP contribution in [0.1, 0.15) is 46.0 Å². The number of hydrogen-bond acceptors (Lipinski definition) is 2. The van der Waals surface area contributed by atoms with Crippen molar-refractivity contribution in [1.82, 2.24) is 0 Å². The molecule has 2 nitrogen and oxygen atoms in total. The molecule has 0 bridgehead atoms. The van der Waals surface area contributed by atoms with E-state index in [1.165, 1.54) is 31.4 Å². The molecule has 0 aliphatic heterocycles. The Balaban J connectivity index is 2.17. The number of nitrogens with zero attached hydrogens (tertiary/aromatic N) is 1. The summed E-state index contributed by atoms with van der Waals surface area (Å²) in [6.45, 7) is 5.25. The molecule has 2 N–H and O–H groups in total. The Bertz CT molecular complexity index is 443. The Kier molecular flexibility index (Phi) is 5.26. The molecule has 1 saturated carbocycles. The average Bonchev–Trinajstić information content (AvgIpc) is 2.46. The SMILES string of the molecule is CC(C)CC1CCCC(CN)(N(C)c2ccc(F)cc2)C1. The molecule has 2 rings (SSSR count). The molecule has 0 saturated heterocycles. The molecule has 3 heteroatoms. The van der Waals surface area contributed by atoms with E-state index >= 15 is 0 Å². The molecule has 1 aromatic rings. The molecule has 1 aliphatic rings. The second-order valence-electron chi connectivity index (χ2n) is 7.06. The molecule has 0 heterocycles. The standard InChI is InChI=1S/C18H29FN2/c1-14(2)11-15-5-4-10-18(12-15,13-20)21(3)17-8-6-16(19)7-9-17/h6-9,14-15H,4-5,10-13,20H2,1-3H3. The smallest absolute Gasteiger partial charge is 0.123 e. The summed E-state index contributed by atoms with van der Waals surface area (Å²) in [5, 5.41) is 0. The highest BCUT2D eigenvalue weighted by Gasteiger charge is 2.38. The maximum Gasteiger partial charge on any atom is 0.123 e. The van der Waals surface area contributed by atoms with E-state index in [4.69, 9.17) is 5.73 Å². The van der Waals surface area contributed by atoms with Crippen LogP contribution in [0.15, 0.2) is 24.3 Å². The fourth-order valence-corrected chi connectivity index (χ4v) is 3.89. The van der Waals surface area contributed by atoms with Crippen LogP contribution in [-0.4, -0.2) is 19.1 Å². The van der Waals surface area contributed by atoms with Crippen molar-refractivity contribution in [2.45, 2.75) is 51.5 Å². The van der Waals surface area contributed by atoms with E-state index in [1.54, 1.807) is 0 Å². The van der Waals surface area contributed by atoms with Gasteiger partial charge in [0, 0.05) is 19.3 Å². The molecule has 1 aliphatic carbocycles. The van der Waals surface area contributed by atoms with Gasteiger partial charge in [0.05, 0.1) is 5.54 Å². The molecule has 118 valence electrons. The summed E-state index contributed by atoms with van der Waals surface area (Å²) < 4.78 is 13.1. The first kappa shape index (κ1) is 16.3. The lowest BCUT2D eigenvalue weighted by Gasteiger charge is -2.48. The summed E-state index contributed by atoms with van der Waals surface area (Å²) in [6.07, 6.45) is 6.11. The minimum Gasteiger partial charge on any atom is -0.368 e. The highest BCUT2D eigenvalue weighted by molar-refractivity contribution is 5.48. The number of likely N-dealkylation sites (N-methyl/N-ethyl adjacent to an activating group) is 1. The predicted molar refractivity (Wildman–Crippen MR) is 88.0 cm³/mol. The third-order valence-electron chi connectivity index (χ3n) is 5.03. The highest BCUT2D eigenvalue weighted by atomic mass is 19.1. The van der Waals surface area contributed by atoms with Crippen molar-refractivity contribution in [3.8, 4) is 0 Å². The van der Waals surface area contributed by atoms with Crippen molar-refractivity contribution in [2.24, 2.45) is 17.6 Å². The summed E-state index contributed by atoms with van der Waals surface area (Å²) in [5.74, 6) is 1.31. The van der Waals surface area contributed by atoms with E-state index < -0.39 is 0 Å². The van der Waals surface area contributed by atoms with E-state index in [0.717, 1.165) is 30.4 Å². The predicted octanol–water partition coefficient (Wildman–Crippen LogP) is 4.20. The fourth-order valence-electron chi connectivity index (χ4n) is 3.89. The lowest BCUT2D eigenvalue weighted by atomic mass is 9.72. The number of benzene rings is 1. The molecule has 21 heavy (non-hydrogen) atoms. The van der Waals surface area contributed by atoms with Crippen LogP contribution in [0.2, 0.25) is 0 Å². The van der Waals surface area contributed by atoms with Gasteiger partial charge in [0.2, 0.25) is 0 Å². The van der Waals surface area contributed by atoms with Crippen molar-refractivity contribution < 1.29 is 4.39 Å². The van der Waals surface area contributed by atoms with Gasteiger partial charge in [-0.15, -0.1) is 0 Å². The van der Waals surface area contributed by atoms with Gasteiger partial charge in [0.1, 0.15) is 5.82 Å². The van der Waals surface area contributed by atoms with Crippen molar-refractivity contribution in [2.75, 3.05) is 18.5 Å². The number of anilines is 1. The van der Waals surface area contributed by atoms with Gasteiger partial charge >= 0.3 is 0 Å². The Labute approximate surface area is 128 Å². The molecule has 0 radical (unpaired) electrons. The van der Waals surface area contributed by atoms with Crippen LogP contribution in [0.25, 0.3) is 0 Å². The largest absolute Gasteiger partial charge is 0.368 e. The van der Waals surface area contributed by atoms with Crippen molar-refractivity contribution in [3.05, 3.63) is 30.1 Å². The molecule has 1 aromatic carbocycles. The molecule has 1 fully saturated rings. The normalized spacial score (nSPS) is 26.1. The summed E-state index contributed by atoms with van der Waals surface area (Å²) in [6, 6.07) is 6.78. The number of rotatable bonds is 5. The second-order valence-corrected chi connectivity index (χ2v) is 7.06. The van der Waals surface area contributed by atoms with Gasteiger partial charge in [0.25, 0.3) is 0 Å². The average molecular weight is 292 g/mol. The first-order valence-electron chi connectivity index (χ1n) is 8.16. The molecule has 0 spiro atoms. The van der Waals surface area contributed by atoms with Crippen molar-refractivity contribution in [3.63, 3.8) is 0 Å². The first-order valence-corrected chi connectivity index (χ1v) is 8.16. The molecular formula is C18H29FN2. The van der Waals surface area contributed by atoms with E-state index in [2.05, 4.69) is 25.8 Å². The maximum absolute atomic E-state index is 13.1. The molecule has 2 atom stereocenters. The van der Waals surface area contributed by atoms with E-state index in [-0.39, 0.29) is 11.4 Å². The number of halogens is 1. The topological polar surface area (TPSA) is 29.3 Å². The summed E-state index contributed by atoms with van der Waals surface area (Å²) >= 11 is 0. The minimum absolute atomic E-state index is 0.0234. The van der Waals surface area contributed by atoms with Gasteiger partial charge in [-0.3, -0.25) is 0 Å². The zero-order valence-corrected chi connectivity index (χ0v) is 13.6. The number of nitrogens with two attached hydrogens (primary N) is 1. The van der Waals surface area contributed by atoms with Gasteiger partial charge in [-0.2, -0.15) is 0 Å². The first-order chi connectivity index (χ1) is 9.97. The van der Waals surface area contributed by atoms with Crippen LogP contribution < -0.4 is 10.6 Å². The van der Waals surface area contributed by atoms with E-state index in [0.29, 0.717) is 6.54 Å². The van der Waals surface area contributed by atoms with Crippen LogP contribution in [-0.2, 0) is 0 Å². The van der Waals surface area contributed by atoms with Gasteiger partial charge in [-0.1, -0.05) is 26.7 Å². The Morgan fingerprint density at radius 1 is 1.33 bits per heavy atom. The summed E-state index contributed by atoms with van der Waals surface area (Å²) in [7, 11) is 2.11. The van der Waals surface area contributed by atoms with Crippen molar-refractivity contribution in [1.29, 1.82) is 0 Å². The lowest BCUT2D eigenvalue weighted by molar-refractivity contribution is 0.200. The minimum atomic E-state index is -0.185. The quantitative estimate of drug-likeness (QED) is 0.881. The fraction of sp³-hybridized carbons (Fsp3) is 0.667. The Morgan fingerprint density at radius 2 is 2.00 bits per heavy atom. The van der Waals surface area contributed by atoms with Crippen LogP contribution in [0.5, 0.6) is 0 Å². The van der Waals surface area contributed by atoms with Crippen LogP contribution in [0.4, 0.5) is 10.1 Å². The zero-order chi connectivity index (χ0) is 15.5. The van der Waals surface area contributed by atoms with Gasteiger partial charge in [-0.25, -0.2) is 4.39 Å². The maximum atomic E-state index is 13.1. The van der Waals surface area contributed by atoms with Crippen LogP contribution in [0.3, 0.4) is 0 Å².